The lowest BCUT2D eigenvalue weighted by Gasteiger charge is -2.22. The molecule has 0 aliphatic heterocycles. The predicted octanol–water partition coefficient (Wildman–Crippen LogP) is 23.4. The van der Waals surface area contributed by atoms with Gasteiger partial charge in [0.05, 0.1) is 27.1 Å². The molecule has 0 saturated heterocycles. The van der Waals surface area contributed by atoms with E-state index in [1.165, 1.54) is 99.5 Å². The first-order chi connectivity index (χ1) is 44.9. The van der Waals surface area contributed by atoms with Crippen molar-refractivity contribution in [3.63, 3.8) is 0 Å². The van der Waals surface area contributed by atoms with Crippen molar-refractivity contribution in [2.45, 2.75) is 248 Å². The molecule has 0 radical (unpaired) electrons. The Balaban J connectivity index is 0.000000154. The van der Waals surface area contributed by atoms with Crippen molar-refractivity contribution in [1.29, 1.82) is 0 Å². The molecule has 12 rings (SSSR count). The summed E-state index contributed by atoms with van der Waals surface area (Å²) in [4.78, 5) is 48.9. The molecular formula is C82H100Cl3F3N2O3S. The van der Waals surface area contributed by atoms with Crippen LogP contribution >= 0.6 is 46.6 Å². The van der Waals surface area contributed by atoms with Crippen LogP contribution < -0.4 is 0 Å². The molecule has 6 aliphatic carbocycles. The molecule has 6 aromatic rings. The lowest BCUT2D eigenvalue weighted by Crippen LogP contribution is -2.16. The molecule has 0 bridgehead atoms. The zero-order valence-corrected chi connectivity index (χ0v) is 60.3. The number of ketones is 3. The van der Waals surface area contributed by atoms with Crippen LogP contribution in [0.5, 0.6) is 0 Å². The molecule has 0 N–H and O–H groups in total. The van der Waals surface area contributed by atoms with Crippen molar-refractivity contribution in [2.24, 2.45) is 41.4 Å². The highest BCUT2D eigenvalue weighted by atomic mass is 35.5. The summed E-state index contributed by atoms with van der Waals surface area (Å²) in [5.74, 6) is 5.38. The van der Waals surface area contributed by atoms with Crippen LogP contribution in [0, 0.1) is 86.6 Å². The maximum Gasteiger partial charge on any atom is 0.137 e. The number of halogens is 6. The minimum Gasteiger partial charge on any atom is -0.299 e. The summed E-state index contributed by atoms with van der Waals surface area (Å²) >= 11 is 22.0. The van der Waals surface area contributed by atoms with Gasteiger partial charge in [-0.25, -0.2) is 13.2 Å². The maximum absolute atomic E-state index is 14.0. The molecule has 0 amide bonds. The van der Waals surface area contributed by atoms with Crippen LogP contribution in [0.4, 0.5) is 13.2 Å². The van der Waals surface area contributed by atoms with Crippen LogP contribution in [0.2, 0.25) is 0 Å². The van der Waals surface area contributed by atoms with Gasteiger partial charge in [0, 0.05) is 67.4 Å². The van der Waals surface area contributed by atoms with E-state index in [-0.39, 0.29) is 62.5 Å². The van der Waals surface area contributed by atoms with E-state index in [4.69, 9.17) is 44.8 Å². The van der Waals surface area contributed by atoms with Crippen LogP contribution in [-0.2, 0) is 33.6 Å². The number of aromatic nitrogens is 2. The highest BCUT2D eigenvalue weighted by molar-refractivity contribution is 7.99. The zero-order chi connectivity index (χ0) is 67.2. The summed E-state index contributed by atoms with van der Waals surface area (Å²) < 4.78 is 41.3. The molecule has 12 heteroatoms. The Morgan fingerprint density at radius 3 is 1.55 bits per heavy atom. The van der Waals surface area contributed by atoms with Gasteiger partial charge < -0.3 is 0 Å². The van der Waals surface area contributed by atoms with Gasteiger partial charge in [0.1, 0.15) is 34.8 Å². The Labute approximate surface area is 579 Å². The van der Waals surface area contributed by atoms with Gasteiger partial charge in [0.15, 0.2) is 0 Å². The summed E-state index contributed by atoms with van der Waals surface area (Å²) in [6.07, 6.45) is 23.7. The summed E-state index contributed by atoms with van der Waals surface area (Å²) in [7, 11) is 0. The molecule has 94 heavy (non-hydrogen) atoms. The SMILES string of the molecule is Cc1c(CC(=O)CC(C)C2CCCC2)cnc2c1C(Cl)CC2C(C)c1cccc(F)c1.Cc1c(CC(=O)CC(C)C2CCCC2)cnc2c1C(Cl)CC2Sc1cccc(F)c1.Cc1cc(F)cc(C(C)C2CC(Cl)c3c2ccc(CC(=O)CC(C)C2CCC(C)C2)c3C)c1. The minimum atomic E-state index is -0.231. The van der Waals surface area contributed by atoms with Crippen LogP contribution in [0.3, 0.4) is 0 Å². The molecular weight excluding hydrogens is 1260 g/mol. The lowest BCUT2D eigenvalue weighted by molar-refractivity contribution is -0.120. The fourth-order valence-corrected chi connectivity index (χ4v) is 20.1. The molecule has 13 atom stereocenters. The predicted molar refractivity (Wildman–Crippen MR) is 382 cm³/mol. The molecule has 6 aliphatic rings. The maximum atomic E-state index is 14.0. The first-order valence-electron chi connectivity index (χ1n) is 35.4. The number of pyridine rings is 2. The number of Topliss-reactive ketones (excluding diaryl/α,β-unsaturated/α-hetero) is 3. The van der Waals surface area contributed by atoms with Gasteiger partial charge >= 0.3 is 0 Å². The Morgan fingerprint density at radius 1 is 0.500 bits per heavy atom. The van der Waals surface area contributed by atoms with Gasteiger partial charge in [0.25, 0.3) is 0 Å². The Bertz CT molecular complexity index is 3640. The van der Waals surface area contributed by atoms with E-state index in [0.717, 1.165) is 97.1 Å². The van der Waals surface area contributed by atoms with Gasteiger partial charge in [-0.15, -0.1) is 46.6 Å². The highest BCUT2D eigenvalue weighted by Gasteiger charge is 2.40. The number of benzene rings is 4. The van der Waals surface area contributed by atoms with Crippen LogP contribution in [0.15, 0.2) is 96.2 Å². The number of alkyl halides is 3. The van der Waals surface area contributed by atoms with E-state index < -0.39 is 0 Å². The smallest absolute Gasteiger partial charge is 0.137 e. The molecule has 2 heterocycles. The van der Waals surface area contributed by atoms with Crippen molar-refractivity contribution >= 4 is 63.9 Å². The first-order valence-corrected chi connectivity index (χ1v) is 37.6. The number of carbonyl (C=O) groups excluding carboxylic acids is 3. The molecule has 3 saturated carbocycles. The standard InChI is InChI=1S/C30H38ClFO.C27H33ClFNO.C25H29ClFNOS/c1-17-6-7-22(10-17)19(3)13-26(33)15-23-8-9-27-28(16-29(31)30(27)21(23)5)20(4)24-11-18(2)12-25(32)14-24;1-16(19-7-4-5-8-19)11-23(31)13-21-15-30-27-24(14-25(28)26(27)18(21)3)17(2)20-9-6-10-22(29)12-20;1-15(17-6-3-4-7-17)10-20(29)11-18-14-28-25-23(13-22(26)24(25)16(18)2)30-21-9-5-8-19(27)12-21/h8-9,11-12,14,17,19-20,22,28-29H,6-7,10,13,15-16H2,1-5H3;6,9-10,12,15-17,19,24-25H,4-5,7-8,11,13-14H2,1-3H3;5,8-9,12,14-15,17,22-23H,3-4,6-7,10-11,13H2,1-2H3. The summed E-state index contributed by atoms with van der Waals surface area (Å²) in [6, 6.07) is 23.1. The highest BCUT2D eigenvalue weighted by Crippen LogP contribution is 2.55. The van der Waals surface area contributed by atoms with Crippen molar-refractivity contribution < 1.29 is 27.6 Å². The van der Waals surface area contributed by atoms with Crippen LogP contribution in [0.25, 0.3) is 0 Å². The van der Waals surface area contributed by atoms with E-state index in [0.29, 0.717) is 91.4 Å². The van der Waals surface area contributed by atoms with Crippen molar-refractivity contribution in [1.82, 2.24) is 9.97 Å². The number of aryl methyl sites for hydroxylation is 1. The normalized spacial score (nSPS) is 23.9. The quantitative estimate of drug-likeness (QED) is 0.0668. The van der Waals surface area contributed by atoms with Crippen LogP contribution in [0.1, 0.15) is 279 Å². The minimum absolute atomic E-state index is 0.0592. The van der Waals surface area contributed by atoms with E-state index >= 15 is 0 Å². The molecule has 504 valence electrons. The molecule has 13 unspecified atom stereocenters. The van der Waals surface area contributed by atoms with Crippen molar-refractivity contribution in [3.8, 4) is 0 Å². The second-order valence-electron chi connectivity index (χ2n) is 29.8. The van der Waals surface area contributed by atoms with Gasteiger partial charge in [0.2, 0.25) is 0 Å². The van der Waals surface area contributed by atoms with E-state index in [1.807, 2.05) is 31.5 Å². The third-order valence-electron chi connectivity index (χ3n) is 23.0. The Kier molecular flexibility index (Phi) is 24.7. The number of hydrogen-bond acceptors (Lipinski definition) is 6. The average Bonchev–Trinajstić information content (AvgIpc) is 1.62. The number of carbonyl (C=O) groups is 3. The number of thioether (sulfide) groups is 1. The van der Waals surface area contributed by atoms with E-state index in [2.05, 4.69) is 80.5 Å². The Hall–Kier alpha value is -4.80. The third kappa shape index (κ3) is 17.4. The molecule has 2 aromatic heterocycles. The third-order valence-corrected chi connectivity index (χ3v) is 25.5. The van der Waals surface area contributed by atoms with E-state index in [1.54, 1.807) is 48.2 Å². The van der Waals surface area contributed by atoms with Crippen molar-refractivity contribution in [3.05, 3.63) is 192 Å². The van der Waals surface area contributed by atoms with Gasteiger partial charge in [-0.05, 0) is 234 Å². The van der Waals surface area contributed by atoms with Gasteiger partial charge in [-0.1, -0.05) is 136 Å². The topological polar surface area (TPSA) is 77.0 Å². The fraction of sp³-hybridized carbons (Fsp3) is 0.549. The largest absolute Gasteiger partial charge is 0.299 e. The van der Waals surface area contributed by atoms with Crippen LogP contribution in [-0.4, -0.2) is 27.3 Å². The summed E-state index contributed by atoms with van der Waals surface area (Å²) in [5, 5.41) is -0.187. The Morgan fingerprint density at radius 2 is 0.989 bits per heavy atom. The fourth-order valence-electron chi connectivity index (χ4n) is 17.4. The average molecular weight is 1360 g/mol. The number of hydrogen-bond donors (Lipinski definition) is 0. The second kappa shape index (κ2) is 32.3. The van der Waals surface area contributed by atoms with Gasteiger partial charge in [-0.3, -0.25) is 24.4 Å². The summed E-state index contributed by atoms with van der Waals surface area (Å²) in [6.45, 7) is 21.5. The molecule has 3 fully saturated rings. The van der Waals surface area contributed by atoms with E-state index in [9.17, 15) is 27.6 Å². The summed E-state index contributed by atoms with van der Waals surface area (Å²) in [5.41, 5.74) is 16.1. The number of rotatable bonds is 21. The van der Waals surface area contributed by atoms with Gasteiger partial charge in [-0.2, -0.15) is 0 Å². The number of fused-ring (bicyclic) bond motifs is 3. The number of nitrogens with zero attached hydrogens (tertiary/aromatic N) is 2. The zero-order valence-electron chi connectivity index (χ0n) is 57.3. The molecule has 4 aromatic carbocycles. The first kappa shape index (κ1) is 72.0. The molecule has 5 nitrogen and oxygen atoms in total. The lowest BCUT2D eigenvalue weighted by atomic mass is 9.82. The monoisotopic (exact) mass is 1350 g/mol. The molecule has 0 spiro atoms. The second-order valence-corrected chi connectivity index (χ2v) is 32.7. The van der Waals surface area contributed by atoms with Crippen molar-refractivity contribution in [2.75, 3.05) is 0 Å².